The Hall–Kier alpha value is -0.120. The zero-order chi connectivity index (χ0) is 12.8. The van der Waals surface area contributed by atoms with E-state index < -0.39 is 0 Å². The fourth-order valence-electron chi connectivity index (χ4n) is 2.36. The molecule has 0 aromatic heterocycles. The standard InChI is InChI=1S/C14H31N3/c1-12(2)10-15-11-13(3)14(4)17-8-6-16(5)7-9-17/h12-15H,6-11H2,1-5H3. The van der Waals surface area contributed by atoms with Crippen LogP contribution in [-0.4, -0.2) is 62.2 Å². The highest BCUT2D eigenvalue weighted by Crippen LogP contribution is 2.12. The SMILES string of the molecule is CC(C)CNCC(C)C(C)N1CCN(C)CC1. The van der Waals surface area contributed by atoms with Gasteiger partial charge in [-0.1, -0.05) is 20.8 Å². The molecule has 1 fully saturated rings. The molecule has 1 N–H and O–H groups in total. The van der Waals surface area contributed by atoms with Gasteiger partial charge < -0.3 is 10.2 Å². The quantitative estimate of drug-likeness (QED) is 0.760. The Bertz CT molecular complexity index is 198. The van der Waals surface area contributed by atoms with Gasteiger partial charge in [0.1, 0.15) is 0 Å². The first-order chi connectivity index (χ1) is 8.00. The zero-order valence-corrected chi connectivity index (χ0v) is 12.4. The molecule has 0 aliphatic carbocycles. The molecule has 0 radical (unpaired) electrons. The van der Waals surface area contributed by atoms with Crippen LogP contribution in [0.15, 0.2) is 0 Å². The number of hydrogen-bond donors (Lipinski definition) is 1. The van der Waals surface area contributed by atoms with Crippen LogP contribution in [0, 0.1) is 11.8 Å². The first-order valence-corrected chi connectivity index (χ1v) is 7.14. The van der Waals surface area contributed by atoms with Gasteiger partial charge in [-0.2, -0.15) is 0 Å². The van der Waals surface area contributed by atoms with Crippen LogP contribution in [0.2, 0.25) is 0 Å². The minimum Gasteiger partial charge on any atom is -0.316 e. The largest absolute Gasteiger partial charge is 0.316 e. The molecular formula is C14H31N3. The Labute approximate surface area is 108 Å². The highest BCUT2D eigenvalue weighted by atomic mass is 15.3. The smallest absolute Gasteiger partial charge is 0.0113 e. The second-order valence-electron chi connectivity index (χ2n) is 6.11. The van der Waals surface area contributed by atoms with Gasteiger partial charge in [-0.25, -0.2) is 0 Å². The summed E-state index contributed by atoms with van der Waals surface area (Å²) in [5.74, 6) is 1.48. The number of nitrogens with zero attached hydrogens (tertiary/aromatic N) is 2. The van der Waals surface area contributed by atoms with E-state index in [1.807, 2.05) is 0 Å². The van der Waals surface area contributed by atoms with Gasteiger partial charge in [0, 0.05) is 32.2 Å². The summed E-state index contributed by atoms with van der Waals surface area (Å²) in [4.78, 5) is 5.06. The van der Waals surface area contributed by atoms with E-state index in [0.29, 0.717) is 6.04 Å². The summed E-state index contributed by atoms with van der Waals surface area (Å²) < 4.78 is 0. The minimum absolute atomic E-state index is 0.698. The second-order valence-corrected chi connectivity index (χ2v) is 6.11. The van der Waals surface area contributed by atoms with Crippen molar-refractivity contribution in [2.45, 2.75) is 33.7 Å². The van der Waals surface area contributed by atoms with E-state index in [4.69, 9.17) is 0 Å². The van der Waals surface area contributed by atoms with E-state index >= 15 is 0 Å². The van der Waals surface area contributed by atoms with E-state index in [2.05, 4.69) is 49.9 Å². The summed E-state index contributed by atoms with van der Waals surface area (Å²) in [5, 5.41) is 3.58. The van der Waals surface area contributed by atoms with Gasteiger partial charge in [-0.15, -0.1) is 0 Å². The summed E-state index contributed by atoms with van der Waals surface area (Å²) in [6.07, 6.45) is 0. The van der Waals surface area contributed by atoms with Crippen LogP contribution < -0.4 is 5.32 Å². The highest BCUT2D eigenvalue weighted by molar-refractivity contribution is 4.79. The molecule has 1 heterocycles. The predicted octanol–water partition coefficient (Wildman–Crippen LogP) is 1.50. The molecule has 102 valence electrons. The van der Waals surface area contributed by atoms with Crippen LogP contribution in [0.5, 0.6) is 0 Å². The highest BCUT2D eigenvalue weighted by Gasteiger charge is 2.22. The van der Waals surface area contributed by atoms with Gasteiger partial charge >= 0.3 is 0 Å². The molecule has 2 atom stereocenters. The van der Waals surface area contributed by atoms with Crippen LogP contribution in [0.3, 0.4) is 0 Å². The van der Waals surface area contributed by atoms with Crippen LogP contribution in [-0.2, 0) is 0 Å². The van der Waals surface area contributed by atoms with E-state index in [-0.39, 0.29) is 0 Å². The lowest BCUT2D eigenvalue weighted by Crippen LogP contribution is -2.51. The zero-order valence-electron chi connectivity index (χ0n) is 12.4. The Kier molecular flexibility index (Phi) is 6.45. The Morgan fingerprint density at radius 3 is 2.06 bits per heavy atom. The Balaban J connectivity index is 2.23. The lowest BCUT2D eigenvalue weighted by molar-refractivity contribution is 0.0928. The third-order valence-corrected chi connectivity index (χ3v) is 3.96. The summed E-state index contributed by atoms with van der Waals surface area (Å²) in [6, 6.07) is 0.698. The van der Waals surface area contributed by atoms with Crippen molar-refractivity contribution in [2.24, 2.45) is 11.8 Å². The first-order valence-electron chi connectivity index (χ1n) is 7.14. The number of hydrogen-bond acceptors (Lipinski definition) is 3. The molecule has 1 rings (SSSR count). The van der Waals surface area contributed by atoms with Crippen LogP contribution in [0.25, 0.3) is 0 Å². The monoisotopic (exact) mass is 241 g/mol. The molecule has 1 aliphatic heterocycles. The number of rotatable bonds is 6. The van der Waals surface area contributed by atoms with Crippen molar-refractivity contribution in [2.75, 3.05) is 46.3 Å². The van der Waals surface area contributed by atoms with Gasteiger partial charge in [0.25, 0.3) is 0 Å². The van der Waals surface area contributed by atoms with Crippen molar-refractivity contribution in [1.29, 1.82) is 0 Å². The molecule has 0 saturated carbocycles. The molecule has 3 nitrogen and oxygen atoms in total. The van der Waals surface area contributed by atoms with E-state index in [1.165, 1.54) is 26.2 Å². The van der Waals surface area contributed by atoms with Gasteiger partial charge in [-0.05, 0) is 38.9 Å². The second kappa shape index (κ2) is 7.34. The third-order valence-electron chi connectivity index (χ3n) is 3.96. The maximum absolute atomic E-state index is 3.58. The first kappa shape index (κ1) is 14.9. The lowest BCUT2D eigenvalue weighted by Gasteiger charge is -2.39. The summed E-state index contributed by atoms with van der Waals surface area (Å²) in [6.45, 7) is 16.5. The van der Waals surface area contributed by atoms with Crippen molar-refractivity contribution < 1.29 is 0 Å². The maximum atomic E-state index is 3.58. The van der Waals surface area contributed by atoms with E-state index in [0.717, 1.165) is 24.9 Å². The molecule has 3 heteroatoms. The number of nitrogens with one attached hydrogen (secondary N) is 1. The third kappa shape index (κ3) is 5.36. The molecule has 1 saturated heterocycles. The van der Waals surface area contributed by atoms with Gasteiger partial charge in [0.2, 0.25) is 0 Å². The molecule has 0 aromatic rings. The van der Waals surface area contributed by atoms with Crippen molar-refractivity contribution in [3.05, 3.63) is 0 Å². The minimum atomic E-state index is 0.698. The van der Waals surface area contributed by atoms with Crippen LogP contribution in [0.1, 0.15) is 27.7 Å². The summed E-state index contributed by atoms with van der Waals surface area (Å²) in [7, 11) is 2.22. The fourth-order valence-corrected chi connectivity index (χ4v) is 2.36. The van der Waals surface area contributed by atoms with Crippen molar-refractivity contribution in [3.63, 3.8) is 0 Å². The molecule has 0 amide bonds. The van der Waals surface area contributed by atoms with Gasteiger partial charge in [-0.3, -0.25) is 4.90 Å². The van der Waals surface area contributed by atoms with Crippen LogP contribution >= 0.6 is 0 Å². The van der Waals surface area contributed by atoms with Crippen LogP contribution in [0.4, 0.5) is 0 Å². The molecule has 0 aromatic carbocycles. The normalized spacial score (nSPS) is 22.9. The molecule has 1 aliphatic rings. The molecule has 0 bridgehead atoms. The van der Waals surface area contributed by atoms with Crippen molar-refractivity contribution >= 4 is 0 Å². The maximum Gasteiger partial charge on any atom is 0.0113 e. The topological polar surface area (TPSA) is 18.5 Å². The van der Waals surface area contributed by atoms with Gasteiger partial charge in [0.05, 0.1) is 0 Å². The van der Waals surface area contributed by atoms with E-state index in [9.17, 15) is 0 Å². The van der Waals surface area contributed by atoms with Crippen molar-refractivity contribution in [1.82, 2.24) is 15.1 Å². The lowest BCUT2D eigenvalue weighted by atomic mass is 10.0. The molecule has 0 spiro atoms. The number of likely N-dealkylation sites (N-methyl/N-ethyl adjacent to an activating group) is 1. The Morgan fingerprint density at radius 1 is 0.941 bits per heavy atom. The predicted molar refractivity (Wildman–Crippen MR) is 75.4 cm³/mol. The molecule has 2 unspecified atom stereocenters. The fraction of sp³-hybridized carbons (Fsp3) is 1.00. The van der Waals surface area contributed by atoms with Gasteiger partial charge in [0.15, 0.2) is 0 Å². The van der Waals surface area contributed by atoms with E-state index in [1.54, 1.807) is 0 Å². The Morgan fingerprint density at radius 2 is 1.53 bits per heavy atom. The number of piperazine rings is 1. The molecule has 17 heavy (non-hydrogen) atoms. The van der Waals surface area contributed by atoms with Crippen molar-refractivity contribution in [3.8, 4) is 0 Å². The molecular weight excluding hydrogens is 210 g/mol. The summed E-state index contributed by atoms with van der Waals surface area (Å²) in [5.41, 5.74) is 0. The average molecular weight is 241 g/mol. The average Bonchev–Trinajstić information content (AvgIpc) is 2.28. The summed E-state index contributed by atoms with van der Waals surface area (Å²) >= 11 is 0.